The molecule has 0 spiro atoms. The van der Waals surface area contributed by atoms with Gasteiger partial charge in [-0.25, -0.2) is 0 Å². The fraction of sp³-hybridized carbons (Fsp3) is 0.417. The van der Waals surface area contributed by atoms with E-state index in [9.17, 15) is 0 Å². The Kier molecular flexibility index (Phi) is 5.56. The summed E-state index contributed by atoms with van der Waals surface area (Å²) in [5, 5.41) is 3.99. The Bertz CT molecular complexity index is 366. The third-order valence-corrected chi connectivity index (χ3v) is 2.80. The van der Waals surface area contributed by atoms with Crippen LogP contribution in [0.5, 0.6) is 0 Å². The summed E-state index contributed by atoms with van der Waals surface area (Å²) in [5.74, 6) is 0. The molecule has 0 bridgehead atoms. The summed E-state index contributed by atoms with van der Waals surface area (Å²) in [5.41, 5.74) is 7.43. The molecule has 0 fully saturated rings. The van der Waals surface area contributed by atoms with Gasteiger partial charge in [-0.3, -0.25) is 0 Å². The Labute approximate surface area is 107 Å². The maximum atomic E-state index is 5.90. The zero-order chi connectivity index (χ0) is 12.0. The van der Waals surface area contributed by atoms with Crippen LogP contribution in [-0.4, -0.2) is 11.5 Å². The largest absolute Gasteiger partial charge is 0.389 e. The van der Waals surface area contributed by atoms with Gasteiger partial charge in [0.15, 0.2) is 0 Å². The van der Waals surface area contributed by atoms with Crippen molar-refractivity contribution < 1.29 is 0 Å². The van der Waals surface area contributed by atoms with Crippen molar-refractivity contribution in [2.75, 3.05) is 11.9 Å². The standard InChI is InChI=1S/C12H17ClN2S/c1-2-3-4-7-15-11-6-5-9(13)8-10(11)12(14)16/h5-6,8,15H,2-4,7H2,1H3,(H2,14,16). The number of thiocarbonyl (C=S) groups is 1. The molecule has 0 saturated carbocycles. The highest BCUT2D eigenvalue weighted by Gasteiger charge is 2.05. The molecule has 0 aliphatic heterocycles. The summed E-state index contributed by atoms with van der Waals surface area (Å²) in [6, 6.07) is 5.56. The Morgan fingerprint density at radius 2 is 2.19 bits per heavy atom. The molecule has 88 valence electrons. The monoisotopic (exact) mass is 256 g/mol. The summed E-state index contributed by atoms with van der Waals surface area (Å²) in [6.07, 6.45) is 3.59. The average Bonchev–Trinajstić information content (AvgIpc) is 2.26. The van der Waals surface area contributed by atoms with Crippen molar-refractivity contribution >= 4 is 34.5 Å². The van der Waals surface area contributed by atoms with E-state index in [-0.39, 0.29) is 0 Å². The lowest BCUT2D eigenvalue weighted by atomic mass is 10.1. The summed E-state index contributed by atoms with van der Waals surface area (Å²) < 4.78 is 0. The van der Waals surface area contributed by atoms with Gasteiger partial charge in [0, 0.05) is 22.8 Å². The van der Waals surface area contributed by atoms with Crippen molar-refractivity contribution in [1.82, 2.24) is 0 Å². The molecule has 0 radical (unpaired) electrons. The van der Waals surface area contributed by atoms with Crippen LogP contribution in [0.25, 0.3) is 0 Å². The molecule has 16 heavy (non-hydrogen) atoms. The smallest absolute Gasteiger partial charge is 0.106 e. The maximum absolute atomic E-state index is 5.90. The van der Waals surface area contributed by atoms with Crippen LogP contribution in [0.3, 0.4) is 0 Å². The van der Waals surface area contributed by atoms with Gasteiger partial charge in [-0.05, 0) is 24.6 Å². The highest BCUT2D eigenvalue weighted by Crippen LogP contribution is 2.20. The summed E-state index contributed by atoms with van der Waals surface area (Å²) in [6.45, 7) is 3.12. The molecule has 0 heterocycles. The Morgan fingerprint density at radius 1 is 1.44 bits per heavy atom. The first-order valence-corrected chi connectivity index (χ1v) is 6.27. The minimum atomic E-state index is 0.375. The zero-order valence-electron chi connectivity index (χ0n) is 9.42. The predicted octanol–water partition coefficient (Wildman–Crippen LogP) is 3.58. The lowest BCUT2D eigenvalue weighted by Crippen LogP contribution is -2.13. The molecule has 3 N–H and O–H groups in total. The van der Waals surface area contributed by atoms with Gasteiger partial charge in [-0.2, -0.15) is 0 Å². The van der Waals surface area contributed by atoms with E-state index in [1.165, 1.54) is 12.8 Å². The highest BCUT2D eigenvalue weighted by atomic mass is 35.5. The minimum absolute atomic E-state index is 0.375. The number of hydrogen-bond donors (Lipinski definition) is 2. The van der Waals surface area contributed by atoms with Crippen molar-refractivity contribution in [2.24, 2.45) is 5.73 Å². The number of benzene rings is 1. The van der Waals surface area contributed by atoms with Crippen LogP contribution in [0.4, 0.5) is 5.69 Å². The van der Waals surface area contributed by atoms with Gasteiger partial charge in [0.2, 0.25) is 0 Å². The fourth-order valence-electron chi connectivity index (χ4n) is 1.47. The van der Waals surface area contributed by atoms with E-state index < -0.39 is 0 Å². The van der Waals surface area contributed by atoms with Crippen molar-refractivity contribution in [3.8, 4) is 0 Å². The van der Waals surface area contributed by atoms with Crippen LogP contribution in [0.1, 0.15) is 31.7 Å². The van der Waals surface area contributed by atoms with Crippen molar-refractivity contribution in [1.29, 1.82) is 0 Å². The Balaban J connectivity index is 2.67. The molecule has 0 unspecified atom stereocenters. The third-order valence-electron chi connectivity index (χ3n) is 2.34. The van der Waals surface area contributed by atoms with Crippen LogP contribution in [-0.2, 0) is 0 Å². The van der Waals surface area contributed by atoms with E-state index in [0.29, 0.717) is 10.0 Å². The van der Waals surface area contributed by atoms with E-state index in [0.717, 1.165) is 24.2 Å². The predicted molar refractivity (Wildman–Crippen MR) is 75.4 cm³/mol. The number of nitrogens with one attached hydrogen (secondary N) is 1. The van der Waals surface area contributed by atoms with E-state index in [4.69, 9.17) is 29.6 Å². The molecule has 1 aromatic carbocycles. The van der Waals surface area contributed by atoms with E-state index >= 15 is 0 Å². The molecule has 0 aromatic heterocycles. The van der Waals surface area contributed by atoms with Gasteiger partial charge in [-0.15, -0.1) is 0 Å². The summed E-state index contributed by atoms with van der Waals surface area (Å²) >= 11 is 10.9. The van der Waals surface area contributed by atoms with E-state index in [2.05, 4.69) is 12.2 Å². The average molecular weight is 257 g/mol. The quantitative estimate of drug-likeness (QED) is 0.604. The summed E-state index contributed by atoms with van der Waals surface area (Å²) in [7, 11) is 0. The first-order chi connectivity index (χ1) is 7.65. The molecule has 1 aromatic rings. The molecule has 0 atom stereocenters. The summed E-state index contributed by atoms with van der Waals surface area (Å²) in [4.78, 5) is 0.375. The molecule has 2 nitrogen and oxygen atoms in total. The van der Waals surface area contributed by atoms with Gasteiger partial charge in [0.05, 0.1) is 0 Å². The van der Waals surface area contributed by atoms with Gasteiger partial charge < -0.3 is 11.1 Å². The van der Waals surface area contributed by atoms with Crippen molar-refractivity contribution in [3.05, 3.63) is 28.8 Å². The molecule has 0 amide bonds. The second-order valence-corrected chi connectivity index (χ2v) is 4.56. The molecule has 0 aliphatic rings. The Morgan fingerprint density at radius 3 is 2.81 bits per heavy atom. The lowest BCUT2D eigenvalue weighted by molar-refractivity contribution is 0.744. The zero-order valence-corrected chi connectivity index (χ0v) is 11.0. The normalized spacial score (nSPS) is 10.1. The van der Waals surface area contributed by atoms with Gasteiger partial charge in [0.25, 0.3) is 0 Å². The number of halogens is 1. The van der Waals surface area contributed by atoms with Gasteiger partial charge in [0.1, 0.15) is 4.99 Å². The minimum Gasteiger partial charge on any atom is -0.389 e. The number of rotatable bonds is 6. The maximum Gasteiger partial charge on any atom is 0.106 e. The molecule has 4 heteroatoms. The molecule has 0 saturated heterocycles. The van der Waals surface area contributed by atoms with Crippen LogP contribution in [0, 0.1) is 0 Å². The number of unbranched alkanes of at least 4 members (excludes halogenated alkanes) is 2. The van der Waals surface area contributed by atoms with Gasteiger partial charge in [-0.1, -0.05) is 43.6 Å². The van der Waals surface area contributed by atoms with Crippen LogP contribution in [0.15, 0.2) is 18.2 Å². The fourth-order valence-corrected chi connectivity index (χ4v) is 1.81. The van der Waals surface area contributed by atoms with Crippen LogP contribution < -0.4 is 11.1 Å². The van der Waals surface area contributed by atoms with Crippen molar-refractivity contribution in [2.45, 2.75) is 26.2 Å². The van der Waals surface area contributed by atoms with Crippen LogP contribution in [0.2, 0.25) is 5.02 Å². The second-order valence-electron chi connectivity index (χ2n) is 3.69. The van der Waals surface area contributed by atoms with Crippen LogP contribution >= 0.6 is 23.8 Å². The number of hydrogen-bond acceptors (Lipinski definition) is 2. The van der Waals surface area contributed by atoms with E-state index in [1.807, 2.05) is 12.1 Å². The molecular formula is C12H17ClN2S. The van der Waals surface area contributed by atoms with E-state index in [1.54, 1.807) is 6.07 Å². The second kappa shape index (κ2) is 6.71. The topological polar surface area (TPSA) is 38.0 Å². The molecule has 0 aliphatic carbocycles. The lowest BCUT2D eigenvalue weighted by Gasteiger charge is -2.11. The Hall–Kier alpha value is -0.800. The number of anilines is 1. The molecule has 1 rings (SSSR count). The first-order valence-electron chi connectivity index (χ1n) is 5.48. The SMILES string of the molecule is CCCCCNc1ccc(Cl)cc1C(N)=S. The highest BCUT2D eigenvalue weighted by molar-refractivity contribution is 7.80. The van der Waals surface area contributed by atoms with Crippen molar-refractivity contribution in [3.63, 3.8) is 0 Å². The third kappa shape index (κ3) is 3.99. The first kappa shape index (κ1) is 13.3. The van der Waals surface area contributed by atoms with Gasteiger partial charge >= 0.3 is 0 Å². The number of nitrogens with two attached hydrogens (primary N) is 1. The molecular weight excluding hydrogens is 240 g/mol.